The van der Waals surface area contributed by atoms with Gasteiger partial charge in [0.05, 0.1) is 11.6 Å². The summed E-state index contributed by atoms with van der Waals surface area (Å²) >= 11 is 0. The number of nitrogens with one attached hydrogen (secondary N) is 1. The van der Waals surface area contributed by atoms with Gasteiger partial charge in [0.15, 0.2) is 0 Å². The van der Waals surface area contributed by atoms with Crippen LogP contribution in [0.25, 0.3) is 0 Å². The summed E-state index contributed by atoms with van der Waals surface area (Å²) < 4.78 is 26.9. The SMILES string of the molecule is CC[C@@H](C)[C@H](C(=O)Nc1cc(F)ccc1F)c1ccccc1. The fraction of sp³-hybridized carbons (Fsp3) is 0.278. The van der Waals surface area contributed by atoms with Crippen molar-refractivity contribution >= 4 is 11.6 Å². The van der Waals surface area contributed by atoms with Crippen LogP contribution < -0.4 is 5.32 Å². The number of hydrogen-bond donors (Lipinski definition) is 1. The lowest BCUT2D eigenvalue weighted by Crippen LogP contribution is -2.26. The molecule has 0 heterocycles. The second-order valence-corrected chi connectivity index (χ2v) is 5.39. The number of benzene rings is 2. The molecule has 1 amide bonds. The fourth-order valence-corrected chi connectivity index (χ4v) is 2.44. The largest absolute Gasteiger partial charge is 0.323 e. The number of anilines is 1. The summed E-state index contributed by atoms with van der Waals surface area (Å²) in [6, 6.07) is 12.4. The number of carbonyl (C=O) groups excluding carboxylic acids is 1. The summed E-state index contributed by atoms with van der Waals surface area (Å²) in [6.07, 6.45) is 0.804. The van der Waals surface area contributed by atoms with E-state index in [4.69, 9.17) is 0 Å². The third-order valence-electron chi connectivity index (χ3n) is 3.84. The van der Waals surface area contributed by atoms with E-state index in [0.29, 0.717) is 0 Å². The highest BCUT2D eigenvalue weighted by Gasteiger charge is 2.26. The van der Waals surface area contributed by atoms with Crippen molar-refractivity contribution in [2.45, 2.75) is 26.2 Å². The molecule has 2 atom stereocenters. The van der Waals surface area contributed by atoms with Gasteiger partial charge in [0, 0.05) is 6.07 Å². The summed E-state index contributed by atoms with van der Waals surface area (Å²) in [6.45, 7) is 3.97. The lowest BCUT2D eigenvalue weighted by molar-refractivity contribution is -0.118. The summed E-state index contributed by atoms with van der Waals surface area (Å²) in [5.74, 6) is -1.89. The minimum atomic E-state index is -0.647. The van der Waals surface area contributed by atoms with Gasteiger partial charge in [-0.1, -0.05) is 50.6 Å². The Hall–Kier alpha value is -2.23. The van der Waals surface area contributed by atoms with E-state index < -0.39 is 17.6 Å². The Bertz CT molecular complexity index is 643. The quantitative estimate of drug-likeness (QED) is 0.849. The van der Waals surface area contributed by atoms with Crippen molar-refractivity contribution in [1.29, 1.82) is 0 Å². The molecular formula is C18H19F2NO. The van der Waals surface area contributed by atoms with Gasteiger partial charge in [-0.05, 0) is 23.6 Å². The summed E-state index contributed by atoms with van der Waals surface area (Å²) in [5.41, 5.74) is 0.736. The molecule has 0 spiro atoms. The molecule has 22 heavy (non-hydrogen) atoms. The van der Waals surface area contributed by atoms with Crippen molar-refractivity contribution in [3.05, 3.63) is 65.7 Å². The standard InChI is InChI=1S/C18H19F2NO/c1-3-12(2)17(13-7-5-4-6-8-13)18(22)21-16-11-14(19)9-10-15(16)20/h4-12,17H,3H2,1-2H3,(H,21,22)/t12-,17+/m1/s1. The number of carbonyl (C=O) groups is 1. The van der Waals surface area contributed by atoms with Crippen molar-refractivity contribution in [2.24, 2.45) is 5.92 Å². The Morgan fingerprint density at radius 3 is 2.45 bits per heavy atom. The fourth-order valence-electron chi connectivity index (χ4n) is 2.44. The molecule has 0 aromatic heterocycles. The van der Waals surface area contributed by atoms with Crippen LogP contribution in [0.3, 0.4) is 0 Å². The molecule has 2 aromatic rings. The topological polar surface area (TPSA) is 29.1 Å². The molecule has 0 unspecified atom stereocenters. The first-order chi connectivity index (χ1) is 10.5. The summed E-state index contributed by atoms with van der Waals surface area (Å²) in [4.78, 5) is 12.6. The second-order valence-electron chi connectivity index (χ2n) is 5.39. The van der Waals surface area contributed by atoms with Crippen LogP contribution in [0.1, 0.15) is 31.7 Å². The van der Waals surface area contributed by atoms with Gasteiger partial charge < -0.3 is 5.32 Å². The molecule has 0 aliphatic carbocycles. The molecule has 0 bridgehead atoms. The Morgan fingerprint density at radius 2 is 1.82 bits per heavy atom. The second kappa shape index (κ2) is 7.16. The zero-order chi connectivity index (χ0) is 16.1. The van der Waals surface area contributed by atoms with Crippen LogP contribution in [0, 0.1) is 17.6 Å². The first-order valence-electron chi connectivity index (χ1n) is 7.33. The molecular weight excluding hydrogens is 284 g/mol. The molecule has 116 valence electrons. The third kappa shape index (κ3) is 3.70. The van der Waals surface area contributed by atoms with Crippen molar-refractivity contribution < 1.29 is 13.6 Å². The number of amides is 1. The highest BCUT2D eigenvalue weighted by atomic mass is 19.1. The van der Waals surface area contributed by atoms with Gasteiger partial charge in [0.2, 0.25) is 5.91 Å². The molecule has 2 nitrogen and oxygen atoms in total. The van der Waals surface area contributed by atoms with Crippen LogP contribution in [-0.2, 0) is 4.79 Å². The molecule has 2 rings (SSSR count). The van der Waals surface area contributed by atoms with Crippen molar-refractivity contribution in [3.8, 4) is 0 Å². The van der Waals surface area contributed by atoms with E-state index in [0.717, 1.165) is 30.2 Å². The predicted molar refractivity (Wildman–Crippen MR) is 83.6 cm³/mol. The van der Waals surface area contributed by atoms with E-state index in [1.807, 2.05) is 44.2 Å². The van der Waals surface area contributed by atoms with Crippen molar-refractivity contribution in [2.75, 3.05) is 5.32 Å². The average Bonchev–Trinajstić information content (AvgIpc) is 2.52. The Kier molecular flexibility index (Phi) is 5.26. The van der Waals surface area contributed by atoms with Gasteiger partial charge in [-0.3, -0.25) is 4.79 Å². The van der Waals surface area contributed by atoms with E-state index in [1.54, 1.807) is 0 Å². The molecule has 0 aliphatic rings. The molecule has 4 heteroatoms. The molecule has 0 saturated carbocycles. The lowest BCUT2D eigenvalue weighted by Gasteiger charge is -2.23. The van der Waals surface area contributed by atoms with Crippen LogP contribution in [0.4, 0.5) is 14.5 Å². The van der Waals surface area contributed by atoms with Crippen LogP contribution in [0.5, 0.6) is 0 Å². The van der Waals surface area contributed by atoms with Crippen LogP contribution in [0.15, 0.2) is 48.5 Å². The highest BCUT2D eigenvalue weighted by molar-refractivity contribution is 5.96. The Balaban J connectivity index is 2.28. The molecule has 1 N–H and O–H groups in total. The van der Waals surface area contributed by atoms with Gasteiger partial charge >= 0.3 is 0 Å². The van der Waals surface area contributed by atoms with Gasteiger partial charge in [0.1, 0.15) is 11.6 Å². The van der Waals surface area contributed by atoms with E-state index >= 15 is 0 Å². The van der Waals surface area contributed by atoms with Crippen LogP contribution >= 0.6 is 0 Å². The van der Waals surface area contributed by atoms with Gasteiger partial charge in [-0.15, -0.1) is 0 Å². The number of halogens is 2. The zero-order valence-corrected chi connectivity index (χ0v) is 12.6. The predicted octanol–water partition coefficient (Wildman–Crippen LogP) is 4.73. The molecule has 0 fully saturated rings. The smallest absolute Gasteiger partial charge is 0.232 e. The van der Waals surface area contributed by atoms with Crippen LogP contribution in [-0.4, -0.2) is 5.91 Å². The first-order valence-corrected chi connectivity index (χ1v) is 7.33. The van der Waals surface area contributed by atoms with Crippen LogP contribution in [0.2, 0.25) is 0 Å². The monoisotopic (exact) mass is 303 g/mol. The summed E-state index contributed by atoms with van der Waals surface area (Å²) in [7, 11) is 0. The van der Waals surface area contributed by atoms with E-state index in [-0.39, 0.29) is 17.5 Å². The van der Waals surface area contributed by atoms with Gasteiger partial charge in [0.25, 0.3) is 0 Å². The van der Waals surface area contributed by atoms with E-state index in [1.165, 1.54) is 0 Å². The third-order valence-corrected chi connectivity index (χ3v) is 3.84. The Labute approximate surface area is 129 Å². The maximum atomic E-state index is 13.7. The molecule has 0 aliphatic heterocycles. The molecule has 2 aromatic carbocycles. The first kappa shape index (κ1) is 16.1. The van der Waals surface area contributed by atoms with Gasteiger partial charge in [-0.2, -0.15) is 0 Å². The maximum Gasteiger partial charge on any atom is 0.232 e. The van der Waals surface area contributed by atoms with Crippen molar-refractivity contribution in [3.63, 3.8) is 0 Å². The molecule has 0 radical (unpaired) electrons. The zero-order valence-electron chi connectivity index (χ0n) is 12.6. The minimum absolute atomic E-state index is 0.0824. The van der Waals surface area contributed by atoms with E-state index in [9.17, 15) is 13.6 Å². The minimum Gasteiger partial charge on any atom is -0.323 e. The maximum absolute atomic E-state index is 13.7. The average molecular weight is 303 g/mol. The van der Waals surface area contributed by atoms with Crippen molar-refractivity contribution in [1.82, 2.24) is 0 Å². The normalized spacial score (nSPS) is 13.5. The van der Waals surface area contributed by atoms with Gasteiger partial charge in [-0.25, -0.2) is 8.78 Å². The Morgan fingerprint density at radius 1 is 1.14 bits per heavy atom. The summed E-state index contributed by atoms with van der Waals surface area (Å²) in [5, 5.41) is 2.51. The highest BCUT2D eigenvalue weighted by Crippen LogP contribution is 2.29. The lowest BCUT2D eigenvalue weighted by atomic mass is 9.85. The molecule has 0 saturated heterocycles. The number of hydrogen-bond acceptors (Lipinski definition) is 1. The van der Waals surface area contributed by atoms with E-state index in [2.05, 4.69) is 5.32 Å². The number of rotatable bonds is 5.